The SMILES string of the molecule is CC(C)OC1CC(N)(CO)CCC1(C)C. The largest absolute Gasteiger partial charge is 0.394 e. The maximum atomic E-state index is 9.29. The average molecular weight is 215 g/mol. The Bertz CT molecular complexity index is 216. The molecule has 0 spiro atoms. The molecule has 2 unspecified atom stereocenters. The zero-order valence-electron chi connectivity index (χ0n) is 10.4. The van der Waals surface area contributed by atoms with E-state index in [0.29, 0.717) is 0 Å². The van der Waals surface area contributed by atoms with E-state index >= 15 is 0 Å². The fourth-order valence-electron chi connectivity index (χ4n) is 2.18. The molecule has 0 bridgehead atoms. The highest BCUT2D eigenvalue weighted by molar-refractivity contribution is 4.98. The van der Waals surface area contributed by atoms with Crippen molar-refractivity contribution in [3.63, 3.8) is 0 Å². The predicted octanol–water partition coefficient (Wildman–Crippen LogP) is 1.68. The van der Waals surface area contributed by atoms with E-state index in [1.165, 1.54) is 0 Å². The predicted molar refractivity (Wildman–Crippen MR) is 61.6 cm³/mol. The van der Waals surface area contributed by atoms with E-state index in [1.54, 1.807) is 0 Å². The minimum absolute atomic E-state index is 0.0566. The molecule has 90 valence electrons. The van der Waals surface area contributed by atoms with Crippen molar-refractivity contribution in [2.24, 2.45) is 11.1 Å². The van der Waals surface area contributed by atoms with Gasteiger partial charge in [-0.15, -0.1) is 0 Å². The number of nitrogens with two attached hydrogens (primary N) is 1. The minimum Gasteiger partial charge on any atom is -0.394 e. The fourth-order valence-corrected chi connectivity index (χ4v) is 2.18. The van der Waals surface area contributed by atoms with Crippen LogP contribution in [-0.2, 0) is 4.74 Å². The summed E-state index contributed by atoms with van der Waals surface area (Å²) in [6, 6.07) is 0. The summed E-state index contributed by atoms with van der Waals surface area (Å²) in [6.07, 6.45) is 3.03. The van der Waals surface area contributed by atoms with Gasteiger partial charge in [0.15, 0.2) is 0 Å². The van der Waals surface area contributed by atoms with Crippen LogP contribution in [0.3, 0.4) is 0 Å². The monoisotopic (exact) mass is 215 g/mol. The van der Waals surface area contributed by atoms with E-state index in [-0.39, 0.29) is 24.2 Å². The van der Waals surface area contributed by atoms with Crippen molar-refractivity contribution in [3.05, 3.63) is 0 Å². The van der Waals surface area contributed by atoms with Crippen molar-refractivity contribution in [2.45, 2.75) is 64.7 Å². The maximum Gasteiger partial charge on any atom is 0.0647 e. The minimum atomic E-state index is -0.435. The molecule has 0 aliphatic heterocycles. The van der Waals surface area contributed by atoms with Crippen LogP contribution in [-0.4, -0.2) is 29.5 Å². The van der Waals surface area contributed by atoms with Gasteiger partial charge in [-0.3, -0.25) is 0 Å². The molecular weight excluding hydrogens is 190 g/mol. The van der Waals surface area contributed by atoms with E-state index < -0.39 is 5.54 Å². The Morgan fingerprint density at radius 2 is 2.00 bits per heavy atom. The topological polar surface area (TPSA) is 55.5 Å². The second kappa shape index (κ2) is 4.40. The molecule has 15 heavy (non-hydrogen) atoms. The molecule has 1 aliphatic carbocycles. The summed E-state index contributed by atoms with van der Waals surface area (Å²) in [5, 5.41) is 9.29. The Hall–Kier alpha value is -0.120. The lowest BCUT2D eigenvalue weighted by molar-refractivity contribution is -0.101. The maximum absolute atomic E-state index is 9.29. The second-order valence-electron chi connectivity index (χ2n) is 5.89. The molecular formula is C12H25NO2. The zero-order chi connectivity index (χ0) is 11.7. The van der Waals surface area contributed by atoms with E-state index in [1.807, 2.05) is 13.8 Å². The normalized spacial score (nSPS) is 35.8. The van der Waals surface area contributed by atoms with Gasteiger partial charge in [0, 0.05) is 5.54 Å². The smallest absolute Gasteiger partial charge is 0.0647 e. The Morgan fingerprint density at radius 3 is 2.47 bits per heavy atom. The van der Waals surface area contributed by atoms with Crippen molar-refractivity contribution in [1.82, 2.24) is 0 Å². The van der Waals surface area contributed by atoms with Crippen LogP contribution in [0.15, 0.2) is 0 Å². The molecule has 2 atom stereocenters. The Labute approximate surface area is 93.0 Å². The summed E-state index contributed by atoms with van der Waals surface area (Å²) in [6.45, 7) is 8.58. The van der Waals surface area contributed by atoms with Crippen molar-refractivity contribution < 1.29 is 9.84 Å². The Morgan fingerprint density at radius 1 is 1.40 bits per heavy atom. The van der Waals surface area contributed by atoms with Gasteiger partial charge in [0.1, 0.15) is 0 Å². The van der Waals surface area contributed by atoms with Crippen molar-refractivity contribution >= 4 is 0 Å². The quantitative estimate of drug-likeness (QED) is 0.753. The molecule has 3 heteroatoms. The standard InChI is InChI=1S/C12H25NO2/c1-9(2)15-10-7-12(13,8-14)6-5-11(10,3)4/h9-10,14H,5-8,13H2,1-4H3. The first-order valence-electron chi connectivity index (χ1n) is 5.84. The molecule has 3 nitrogen and oxygen atoms in total. The van der Waals surface area contributed by atoms with Crippen LogP contribution in [0.2, 0.25) is 0 Å². The number of aliphatic hydroxyl groups is 1. The van der Waals surface area contributed by atoms with Crippen LogP contribution in [0.4, 0.5) is 0 Å². The number of hydrogen-bond acceptors (Lipinski definition) is 3. The van der Waals surface area contributed by atoms with Crippen molar-refractivity contribution in [3.8, 4) is 0 Å². The summed E-state index contributed by atoms with van der Waals surface area (Å²) in [4.78, 5) is 0. The Balaban J connectivity index is 2.70. The van der Waals surface area contributed by atoms with Crippen LogP contribution in [0.1, 0.15) is 47.0 Å². The first-order chi connectivity index (χ1) is 6.79. The molecule has 1 aliphatic rings. The molecule has 0 radical (unpaired) electrons. The van der Waals surface area contributed by atoms with Gasteiger partial charge < -0.3 is 15.6 Å². The lowest BCUT2D eigenvalue weighted by Crippen LogP contribution is -2.55. The fraction of sp³-hybridized carbons (Fsp3) is 1.00. The van der Waals surface area contributed by atoms with Crippen LogP contribution >= 0.6 is 0 Å². The van der Waals surface area contributed by atoms with Crippen molar-refractivity contribution in [1.29, 1.82) is 0 Å². The van der Waals surface area contributed by atoms with Gasteiger partial charge in [-0.25, -0.2) is 0 Å². The van der Waals surface area contributed by atoms with Crippen LogP contribution in [0.5, 0.6) is 0 Å². The molecule has 0 aromatic heterocycles. The van der Waals surface area contributed by atoms with E-state index in [0.717, 1.165) is 19.3 Å². The lowest BCUT2D eigenvalue weighted by atomic mass is 9.68. The van der Waals surface area contributed by atoms with Gasteiger partial charge in [0.05, 0.1) is 18.8 Å². The highest BCUT2D eigenvalue weighted by atomic mass is 16.5. The van der Waals surface area contributed by atoms with Gasteiger partial charge in [-0.05, 0) is 38.5 Å². The summed E-state index contributed by atoms with van der Waals surface area (Å²) in [5.41, 5.74) is 5.85. The number of ether oxygens (including phenoxy) is 1. The van der Waals surface area contributed by atoms with Gasteiger partial charge in [0.25, 0.3) is 0 Å². The highest BCUT2D eigenvalue weighted by Gasteiger charge is 2.43. The molecule has 0 heterocycles. The number of hydrogen-bond donors (Lipinski definition) is 2. The first kappa shape index (κ1) is 12.9. The third-order valence-corrected chi connectivity index (χ3v) is 3.48. The molecule has 0 saturated heterocycles. The zero-order valence-corrected chi connectivity index (χ0v) is 10.4. The number of aliphatic hydroxyl groups excluding tert-OH is 1. The first-order valence-corrected chi connectivity index (χ1v) is 5.84. The average Bonchev–Trinajstić information content (AvgIpc) is 2.12. The second-order valence-corrected chi connectivity index (χ2v) is 5.89. The molecule has 1 fully saturated rings. The summed E-state index contributed by atoms with van der Waals surface area (Å²) < 4.78 is 5.91. The molecule has 1 rings (SSSR count). The van der Waals surface area contributed by atoms with Gasteiger partial charge in [-0.1, -0.05) is 13.8 Å². The van der Waals surface area contributed by atoms with E-state index in [2.05, 4.69) is 13.8 Å². The van der Waals surface area contributed by atoms with E-state index in [4.69, 9.17) is 10.5 Å². The summed E-state index contributed by atoms with van der Waals surface area (Å²) >= 11 is 0. The summed E-state index contributed by atoms with van der Waals surface area (Å²) in [7, 11) is 0. The third kappa shape index (κ3) is 3.16. The van der Waals surface area contributed by atoms with Crippen LogP contribution < -0.4 is 5.73 Å². The lowest BCUT2D eigenvalue weighted by Gasteiger charge is -2.46. The molecule has 3 N–H and O–H groups in total. The van der Waals surface area contributed by atoms with Gasteiger partial charge >= 0.3 is 0 Å². The molecule has 0 aromatic carbocycles. The Kier molecular flexibility index (Phi) is 3.80. The van der Waals surface area contributed by atoms with Gasteiger partial charge in [0.2, 0.25) is 0 Å². The van der Waals surface area contributed by atoms with Crippen molar-refractivity contribution in [2.75, 3.05) is 6.61 Å². The molecule has 1 saturated carbocycles. The van der Waals surface area contributed by atoms with Gasteiger partial charge in [-0.2, -0.15) is 0 Å². The van der Waals surface area contributed by atoms with Crippen LogP contribution in [0.25, 0.3) is 0 Å². The highest BCUT2D eigenvalue weighted by Crippen LogP contribution is 2.41. The van der Waals surface area contributed by atoms with Crippen LogP contribution in [0, 0.1) is 5.41 Å². The summed E-state index contributed by atoms with van der Waals surface area (Å²) in [5.74, 6) is 0. The van der Waals surface area contributed by atoms with E-state index in [9.17, 15) is 5.11 Å². The number of rotatable bonds is 3. The third-order valence-electron chi connectivity index (χ3n) is 3.48. The molecule has 0 amide bonds. The molecule has 0 aromatic rings.